The second kappa shape index (κ2) is 5.17. The highest BCUT2D eigenvalue weighted by Crippen LogP contribution is 2.30. The van der Waals surface area contributed by atoms with E-state index in [9.17, 15) is 9.90 Å². The summed E-state index contributed by atoms with van der Waals surface area (Å²) in [5.74, 6) is 0.600. The van der Waals surface area contributed by atoms with Crippen LogP contribution >= 0.6 is 0 Å². The number of hydrogen-bond acceptors (Lipinski definition) is 4. The number of rotatable bonds is 2. The maximum absolute atomic E-state index is 12.4. The molecule has 0 atom stereocenters. The first-order valence-electron chi connectivity index (χ1n) is 7.11. The Labute approximate surface area is 132 Å². The van der Waals surface area contributed by atoms with Gasteiger partial charge < -0.3 is 15.2 Å². The summed E-state index contributed by atoms with van der Waals surface area (Å²) in [6, 6.07) is 13.9. The number of para-hydroxylation sites is 2. The van der Waals surface area contributed by atoms with E-state index in [0.717, 1.165) is 11.4 Å². The molecule has 0 saturated heterocycles. The van der Waals surface area contributed by atoms with Crippen molar-refractivity contribution in [2.75, 3.05) is 5.32 Å². The predicted octanol–water partition coefficient (Wildman–Crippen LogP) is 2.72. The van der Waals surface area contributed by atoms with E-state index in [-0.39, 0.29) is 18.3 Å². The number of aromatic nitrogens is 2. The Morgan fingerprint density at radius 2 is 1.96 bits per heavy atom. The van der Waals surface area contributed by atoms with Gasteiger partial charge in [-0.05, 0) is 36.4 Å². The van der Waals surface area contributed by atoms with Gasteiger partial charge in [-0.2, -0.15) is 0 Å². The van der Waals surface area contributed by atoms with Crippen LogP contribution in [0.2, 0.25) is 0 Å². The summed E-state index contributed by atoms with van der Waals surface area (Å²) in [6.07, 6.45) is 1.63. The van der Waals surface area contributed by atoms with Crippen LogP contribution in [0.4, 0.5) is 5.69 Å². The highest BCUT2D eigenvalue weighted by molar-refractivity contribution is 6.03. The molecule has 1 aromatic heterocycles. The lowest BCUT2D eigenvalue weighted by Gasteiger charge is -2.20. The molecule has 4 rings (SSSR count). The molecule has 3 aromatic rings. The van der Waals surface area contributed by atoms with E-state index < -0.39 is 0 Å². The molecule has 2 aromatic carbocycles. The maximum atomic E-state index is 12.4. The fraction of sp³-hybridized carbons (Fsp3) is 0.0588. The van der Waals surface area contributed by atoms with Crippen molar-refractivity contribution >= 4 is 11.6 Å². The molecule has 0 fully saturated rings. The van der Waals surface area contributed by atoms with Crippen molar-refractivity contribution in [2.24, 2.45) is 0 Å². The molecule has 23 heavy (non-hydrogen) atoms. The lowest BCUT2D eigenvalue weighted by Crippen LogP contribution is -2.19. The first-order valence-corrected chi connectivity index (χ1v) is 7.11. The van der Waals surface area contributed by atoms with Crippen molar-refractivity contribution in [3.8, 4) is 17.2 Å². The summed E-state index contributed by atoms with van der Waals surface area (Å²) in [6.45, 7) is 0.287. The second-order valence-electron chi connectivity index (χ2n) is 5.17. The summed E-state index contributed by atoms with van der Waals surface area (Å²) < 4.78 is 7.56. The molecule has 0 saturated carbocycles. The molecule has 1 amide bonds. The van der Waals surface area contributed by atoms with Crippen molar-refractivity contribution < 1.29 is 14.6 Å². The predicted molar refractivity (Wildman–Crippen MR) is 84.0 cm³/mol. The topological polar surface area (TPSA) is 76.4 Å². The number of fused-ring (bicyclic) bond motifs is 3. The molecule has 0 radical (unpaired) electrons. The smallest absolute Gasteiger partial charge is 0.276 e. The van der Waals surface area contributed by atoms with Crippen LogP contribution in [0.1, 0.15) is 16.2 Å². The van der Waals surface area contributed by atoms with Gasteiger partial charge in [0.25, 0.3) is 5.91 Å². The fourth-order valence-electron chi connectivity index (χ4n) is 2.57. The number of carbonyl (C=O) groups excluding carboxylic acids is 1. The molecular formula is C17H13N3O3. The first-order chi connectivity index (χ1) is 11.2. The van der Waals surface area contributed by atoms with Crippen molar-refractivity contribution in [3.05, 3.63) is 66.2 Å². The van der Waals surface area contributed by atoms with Gasteiger partial charge in [0.05, 0.1) is 11.4 Å². The number of benzene rings is 2. The second-order valence-corrected chi connectivity index (χ2v) is 5.17. The lowest BCUT2D eigenvalue weighted by molar-refractivity contribution is 0.101. The molecule has 0 spiro atoms. The molecule has 2 heterocycles. The number of anilines is 1. The molecule has 1 aliphatic heterocycles. The maximum Gasteiger partial charge on any atom is 0.276 e. The number of nitrogens with one attached hydrogen (secondary N) is 1. The Kier molecular flexibility index (Phi) is 3.01. The van der Waals surface area contributed by atoms with Gasteiger partial charge in [-0.15, -0.1) is 0 Å². The van der Waals surface area contributed by atoms with E-state index in [1.807, 2.05) is 28.8 Å². The van der Waals surface area contributed by atoms with E-state index in [4.69, 9.17) is 4.74 Å². The van der Waals surface area contributed by atoms with E-state index >= 15 is 0 Å². The minimum Gasteiger partial charge on any atom is -0.508 e. The van der Waals surface area contributed by atoms with E-state index in [1.165, 1.54) is 12.1 Å². The zero-order valence-electron chi connectivity index (χ0n) is 12.1. The number of ether oxygens (including phenoxy) is 1. The van der Waals surface area contributed by atoms with Gasteiger partial charge in [0.15, 0.2) is 5.69 Å². The number of carbonyl (C=O) groups is 1. The van der Waals surface area contributed by atoms with Crippen molar-refractivity contribution in [1.29, 1.82) is 0 Å². The van der Waals surface area contributed by atoms with Crippen LogP contribution in [0.25, 0.3) is 5.69 Å². The van der Waals surface area contributed by atoms with E-state index in [1.54, 1.807) is 18.5 Å². The standard InChI is InChI=1S/C17H13N3O3/c21-12-7-5-11(6-8-12)19-17(22)16-14-9-23-15-4-2-1-3-13(15)20(14)10-18-16/h1-8,10,21H,9H2,(H,19,22). The molecule has 6 nitrogen and oxygen atoms in total. The van der Waals surface area contributed by atoms with Gasteiger partial charge in [-0.25, -0.2) is 4.98 Å². The van der Waals surface area contributed by atoms with Crippen LogP contribution in [0, 0.1) is 0 Å². The Bertz CT molecular complexity index is 884. The highest BCUT2D eigenvalue weighted by Gasteiger charge is 2.24. The zero-order chi connectivity index (χ0) is 15.8. The molecule has 6 heteroatoms. The molecule has 0 aliphatic carbocycles. The van der Waals surface area contributed by atoms with Crippen LogP contribution in [0.15, 0.2) is 54.9 Å². The monoisotopic (exact) mass is 307 g/mol. The SMILES string of the molecule is O=C(Nc1ccc(O)cc1)c1ncn2c1COc1ccccc1-2. The average molecular weight is 307 g/mol. The van der Waals surface area contributed by atoms with Crippen molar-refractivity contribution in [2.45, 2.75) is 6.61 Å². The van der Waals surface area contributed by atoms with Crippen LogP contribution in [0.5, 0.6) is 11.5 Å². The number of aromatic hydroxyl groups is 1. The first kappa shape index (κ1) is 13.4. The molecule has 2 N–H and O–H groups in total. The highest BCUT2D eigenvalue weighted by atomic mass is 16.5. The third-order valence-corrected chi connectivity index (χ3v) is 3.70. The van der Waals surface area contributed by atoms with Crippen LogP contribution in [0.3, 0.4) is 0 Å². The minimum absolute atomic E-state index is 0.146. The number of imidazole rings is 1. The summed E-state index contributed by atoms with van der Waals surface area (Å²) in [5, 5.41) is 12.0. The van der Waals surface area contributed by atoms with Crippen molar-refractivity contribution in [1.82, 2.24) is 9.55 Å². The van der Waals surface area contributed by atoms with Crippen LogP contribution in [-0.2, 0) is 6.61 Å². The fourth-order valence-corrected chi connectivity index (χ4v) is 2.57. The van der Waals surface area contributed by atoms with Gasteiger partial charge >= 0.3 is 0 Å². The molecule has 0 unspecified atom stereocenters. The summed E-state index contributed by atoms with van der Waals surface area (Å²) in [7, 11) is 0. The Balaban J connectivity index is 1.65. The zero-order valence-corrected chi connectivity index (χ0v) is 12.1. The number of amides is 1. The number of nitrogens with zero attached hydrogens (tertiary/aromatic N) is 2. The van der Waals surface area contributed by atoms with Crippen LogP contribution < -0.4 is 10.1 Å². The molecular weight excluding hydrogens is 294 g/mol. The number of hydrogen-bond donors (Lipinski definition) is 2. The third kappa shape index (κ3) is 2.30. The lowest BCUT2D eigenvalue weighted by atomic mass is 10.2. The third-order valence-electron chi connectivity index (χ3n) is 3.70. The summed E-state index contributed by atoms with van der Waals surface area (Å²) >= 11 is 0. The average Bonchev–Trinajstić information content (AvgIpc) is 3.01. The Morgan fingerprint density at radius 3 is 2.78 bits per heavy atom. The Morgan fingerprint density at radius 1 is 1.17 bits per heavy atom. The number of phenols is 1. The van der Waals surface area contributed by atoms with Crippen LogP contribution in [-0.4, -0.2) is 20.6 Å². The van der Waals surface area contributed by atoms with Gasteiger partial charge in [-0.1, -0.05) is 12.1 Å². The van der Waals surface area contributed by atoms with E-state index in [0.29, 0.717) is 17.1 Å². The quantitative estimate of drug-likeness (QED) is 0.714. The Hall–Kier alpha value is -3.28. The largest absolute Gasteiger partial charge is 0.508 e. The van der Waals surface area contributed by atoms with Gasteiger partial charge in [0, 0.05) is 5.69 Å². The summed E-state index contributed by atoms with van der Waals surface area (Å²) in [4.78, 5) is 16.7. The van der Waals surface area contributed by atoms with Gasteiger partial charge in [-0.3, -0.25) is 9.36 Å². The van der Waals surface area contributed by atoms with E-state index in [2.05, 4.69) is 10.3 Å². The number of phenolic OH excluding ortho intramolecular Hbond substituents is 1. The minimum atomic E-state index is -0.313. The van der Waals surface area contributed by atoms with Gasteiger partial charge in [0.2, 0.25) is 0 Å². The molecule has 0 bridgehead atoms. The van der Waals surface area contributed by atoms with Crippen molar-refractivity contribution in [3.63, 3.8) is 0 Å². The van der Waals surface area contributed by atoms with Gasteiger partial charge in [0.1, 0.15) is 24.4 Å². The molecule has 114 valence electrons. The normalized spacial score (nSPS) is 12.0. The molecule has 1 aliphatic rings. The summed E-state index contributed by atoms with van der Waals surface area (Å²) in [5.41, 5.74) is 2.49.